The lowest BCUT2D eigenvalue weighted by molar-refractivity contribution is 0.414. The van der Waals surface area contributed by atoms with Crippen molar-refractivity contribution in [2.75, 3.05) is 42.9 Å². The summed E-state index contributed by atoms with van der Waals surface area (Å²) >= 11 is 0. The molecule has 0 saturated heterocycles. The van der Waals surface area contributed by atoms with Gasteiger partial charge in [0.1, 0.15) is 27.1 Å². The van der Waals surface area contributed by atoms with E-state index < -0.39 is 20.0 Å². The topological polar surface area (TPSA) is 90.0 Å². The third-order valence-corrected chi connectivity index (χ3v) is 8.13. The van der Waals surface area contributed by atoms with Crippen LogP contribution in [0.5, 0.6) is 11.5 Å². The van der Waals surface area contributed by atoms with Crippen molar-refractivity contribution in [2.45, 2.75) is 19.3 Å². The molecule has 36 heavy (non-hydrogen) atoms. The maximum atomic E-state index is 12.7. The summed E-state index contributed by atoms with van der Waals surface area (Å²) < 4.78 is 59.3. The summed E-state index contributed by atoms with van der Waals surface area (Å²) in [5.41, 5.74) is 2.55. The van der Waals surface area contributed by atoms with Gasteiger partial charge in [0.05, 0.1) is 12.9 Å². The molecule has 0 aliphatic rings. The molecule has 0 heterocycles. The van der Waals surface area contributed by atoms with Crippen LogP contribution in [-0.4, -0.2) is 54.8 Å². The summed E-state index contributed by atoms with van der Waals surface area (Å²) in [5.74, 6) is 0.649. The Bertz CT molecular complexity index is 1340. The average Bonchev–Trinajstić information content (AvgIpc) is 2.84. The molecule has 0 N–H and O–H groups in total. The van der Waals surface area contributed by atoms with E-state index in [0.717, 1.165) is 28.8 Å². The van der Waals surface area contributed by atoms with Gasteiger partial charge in [0.25, 0.3) is 0 Å². The first-order valence-electron chi connectivity index (χ1n) is 11.5. The molecule has 9 heteroatoms. The molecule has 0 aliphatic heterocycles. The SMILES string of the molecule is COc1ccc(C(C)(C)c2ccc(OS(=O)(=O)CCN(CCS(C)(=O)=O)c3ccccc3)cc2)cc1. The molecular formula is C27H33NO6S2. The lowest BCUT2D eigenvalue weighted by atomic mass is 9.78. The van der Waals surface area contributed by atoms with E-state index in [4.69, 9.17) is 8.92 Å². The van der Waals surface area contributed by atoms with Crippen molar-refractivity contribution in [1.29, 1.82) is 0 Å². The van der Waals surface area contributed by atoms with E-state index in [-0.39, 0.29) is 35.8 Å². The van der Waals surface area contributed by atoms with Crippen LogP contribution >= 0.6 is 0 Å². The minimum Gasteiger partial charge on any atom is -0.497 e. The second-order valence-electron chi connectivity index (χ2n) is 9.18. The fourth-order valence-corrected chi connectivity index (χ4v) is 5.28. The third-order valence-electron chi connectivity index (χ3n) is 6.08. The molecule has 3 aromatic carbocycles. The first-order valence-corrected chi connectivity index (χ1v) is 15.2. The number of ether oxygens (including phenoxy) is 1. The highest BCUT2D eigenvalue weighted by atomic mass is 32.2. The summed E-state index contributed by atoms with van der Waals surface area (Å²) in [6.07, 6.45) is 1.16. The Balaban J connectivity index is 1.68. The van der Waals surface area contributed by atoms with Crippen LogP contribution in [0.2, 0.25) is 0 Å². The molecule has 0 unspecified atom stereocenters. The molecule has 0 fully saturated rings. The lowest BCUT2D eigenvalue weighted by Gasteiger charge is -2.26. The molecular weight excluding hydrogens is 498 g/mol. The number of benzene rings is 3. The number of sulfone groups is 1. The van der Waals surface area contributed by atoms with Gasteiger partial charge in [-0.2, -0.15) is 8.42 Å². The van der Waals surface area contributed by atoms with Crippen LogP contribution in [0.25, 0.3) is 0 Å². The number of para-hydroxylation sites is 1. The largest absolute Gasteiger partial charge is 0.497 e. The summed E-state index contributed by atoms with van der Waals surface area (Å²) in [7, 11) is -5.48. The van der Waals surface area contributed by atoms with Gasteiger partial charge in [-0.3, -0.25) is 0 Å². The number of methoxy groups -OCH3 is 1. The Labute approximate surface area is 214 Å². The Kier molecular flexibility index (Phi) is 8.68. The first-order chi connectivity index (χ1) is 16.9. The lowest BCUT2D eigenvalue weighted by Crippen LogP contribution is -2.34. The number of rotatable bonds is 12. The highest BCUT2D eigenvalue weighted by molar-refractivity contribution is 7.90. The van der Waals surface area contributed by atoms with E-state index in [1.807, 2.05) is 66.7 Å². The Morgan fingerprint density at radius 3 is 1.72 bits per heavy atom. The van der Waals surface area contributed by atoms with Crippen LogP contribution in [-0.2, 0) is 25.4 Å². The van der Waals surface area contributed by atoms with E-state index >= 15 is 0 Å². The fraction of sp³-hybridized carbons (Fsp3) is 0.333. The Morgan fingerprint density at radius 2 is 1.22 bits per heavy atom. The summed E-state index contributed by atoms with van der Waals surface area (Å²) in [5, 5.41) is 0. The van der Waals surface area contributed by atoms with Gasteiger partial charge >= 0.3 is 10.1 Å². The second kappa shape index (κ2) is 11.3. The van der Waals surface area contributed by atoms with Crippen LogP contribution < -0.4 is 13.8 Å². The summed E-state index contributed by atoms with van der Waals surface area (Å²) in [6, 6.07) is 24.0. The van der Waals surface area contributed by atoms with Gasteiger partial charge in [0.15, 0.2) is 0 Å². The Morgan fingerprint density at radius 1 is 0.722 bits per heavy atom. The zero-order valence-electron chi connectivity index (χ0n) is 21.0. The van der Waals surface area contributed by atoms with Crippen LogP contribution in [0.3, 0.4) is 0 Å². The predicted molar refractivity (Wildman–Crippen MR) is 144 cm³/mol. The van der Waals surface area contributed by atoms with Gasteiger partial charge in [-0.1, -0.05) is 56.3 Å². The van der Waals surface area contributed by atoms with E-state index in [1.54, 1.807) is 24.1 Å². The molecule has 0 spiro atoms. The van der Waals surface area contributed by atoms with Crippen LogP contribution in [0.1, 0.15) is 25.0 Å². The van der Waals surface area contributed by atoms with Gasteiger partial charge in [-0.25, -0.2) is 8.42 Å². The average molecular weight is 532 g/mol. The van der Waals surface area contributed by atoms with Crippen molar-refractivity contribution in [3.8, 4) is 11.5 Å². The summed E-state index contributed by atoms with van der Waals surface area (Å²) in [4.78, 5) is 1.74. The van der Waals surface area contributed by atoms with Gasteiger partial charge in [-0.15, -0.1) is 0 Å². The highest BCUT2D eigenvalue weighted by Gasteiger charge is 2.24. The van der Waals surface area contributed by atoms with Gasteiger partial charge < -0.3 is 13.8 Å². The monoisotopic (exact) mass is 531 g/mol. The Hall–Kier alpha value is -3.04. The van der Waals surface area contributed by atoms with E-state index in [1.165, 1.54) is 0 Å². The van der Waals surface area contributed by atoms with E-state index in [9.17, 15) is 16.8 Å². The predicted octanol–water partition coefficient (Wildman–Crippen LogP) is 4.28. The number of hydrogen-bond acceptors (Lipinski definition) is 7. The molecule has 194 valence electrons. The third kappa shape index (κ3) is 7.73. The van der Waals surface area contributed by atoms with E-state index in [2.05, 4.69) is 13.8 Å². The van der Waals surface area contributed by atoms with Crippen molar-refractivity contribution in [1.82, 2.24) is 0 Å². The normalized spacial score (nSPS) is 12.2. The fourth-order valence-electron chi connectivity index (χ4n) is 3.80. The molecule has 3 rings (SSSR count). The quantitative estimate of drug-likeness (QED) is 0.322. The van der Waals surface area contributed by atoms with Crippen LogP contribution in [0, 0.1) is 0 Å². The molecule has 7 nitrogen and oxygen atoms in total. The number of nitrogens with zero attached hydrogens (tertiary/aromatic N) is 1. The van der Waals surface area contributed by atoms with Gasteiger partial charge in [-0.05, 0) is 47.5 Å². The zero-order valence-corrected chi connectivity index (χ0v) is 22.7. The molecule has 0 aliphatic carbocycles. The van der Waals surface area contributed by atoms with Crippen molar-refractivity contribution in [3.63, 3.8) is 0 Å². The van der Waals surface area contributed by atoms with Crippen LogP contribution in [0.4, 0.5) is 5.69 Å². The van der Waals surface area contributed by atoms with Crippen molar-refractivity contribution >= 4 is 25.6 Å². The first kappa shape index (κ1) is 27.5. The number of anilines is 1. The minimum atomic E-state index is -3.90. The second-order valence-corrected chi connectivity index (χ2v) is 13.1. The van der Waals surface area contributed by atoms with Crippen LogP contribution in [0.15, 0.2) is 78.9 Å². The summed E-state index contributed by atoms with van der Waals surface area (Å²) in [6.45, 7) is 4.48. The van der Waals surface area contributed by atoms with Gasteiger partial charge in [0.2, 0.25) is 0 Å². The molecule has 0 bridgehead atoms. The standard InChI is InChI=1S/C27H33NO6S2/c1-27(2,22-10-14-25(33-3)15-11-22)23-12-16-26(17-13-23)34-36(31,32)21-19-28(18-20-35(4,29)30)24-8-6-5-7-9-24/h5-17H,18-21H2,1-4H3. The molecule has 3 aromatic rings. The maximum Gasteiger partial charge on any atom is 0.310 e. The van der Waals surface area contributed by atoms with Crippen molar-refractivity contribution in [2.24, 2.45) is 0 Å². The zero-order chi connectivity index (χ0) is 26.4. The number of hydrogen-bond donors (Lipinski definition) is 0. The molecule has 0 amide bonds. The van der Waals surface area contributed by atoms with Gasteiger partial charge in [0, 0.05) is 30.4 Å². The smallest absolute Gasteiger partial charge is 0.310 e. The van der Waals surface area contributed by atoms with Crippen molar-refractivity contribution < 1.29 is 25.8 Å². The maximum absolute atomic E-state index is 12.7. The molecule has 0 aromatic heterocycles. The minimum absolute atomic E-state index is 0.0752. The molecule has 0 saturated carbocycles. The molecule has 0 radical (unpaired) electrons. The molecule has 0 atom stereocenters. The van der Waals surface area contributed by atoms with Crippen molar-refractivity contribution in [3.05, 3.63) is 90.0 Å². The highest BCUT2D eigenvalue weighted by Crippen LogP contribution is 2.33. The van der Waals surface area contributed by atoms with E-state index in [0.29, 0.717) is 0 Å².